The largest absolute Gasteiger partial charge is 0.381 e. The minimum absolute atomic E-state index is 0.166. The van der Waals surface area contributed by atoms with Crippen LogP contribution < -0.4 is 10.6 Å². The van der Waals surface area contributed by atoms with Crippen molar-refractivity contribution >= 4 is 17.5 Å². The van der Waals surface area contributed by atoms with Gasteiger partial charge in [0.15, 0.2) is 0 Å². The lowest BCUT2D eigenvalue weighted by Gasteiger charge is -2.30. The molecule has 2 aliphatic rings. The summed E-state index contributed by atoms with van der Waals surface area (Å²) in [7, 11) is 0. The molecule has 3 rings (SSSR count). The van der Waals surface area contributed by atoms with E-state index in [0.717, 1.165) is 56.7 Å². The molecule has 0 bridgehead atoms. The molecule has 1 atom stereocenters. The van der Waals surface area contributed by atoms with Gasteiger partial charge >= 0.3 is 0 Å². The summed E-state index contributed by atoms with van der Waals surface area (Å²) < 4.78 is 5.36. The number of nitrogens with zero attached hydrogens (tertiary/aromatic N) is 1. The van der Waals surface area contributed by atoms with Crippen LogP contribution in [0.1, 0.15) is 41.6 Å². The van der Waals surface area contributed by atoms with Gasteiger partial charge in [0.1, 0.15) is 0 Å². The topological polar surface area (TPSA) is 72.6 Å². The summed E-state index contributed by atoms with van der Waals surface area (Å²) in [5, 5.41) is 0. The molecule has 0 spiro atoms. The number of primary amides is 1. The van der Waals surface area contributed by atoms with E-state index in [0.29, 0.717) is 17.9 Å². The molecule has 5 heteroatoms. The molecule has 1 saturated heterocycles. The van der Waals surface area contributed by atoms with Gasteiger partial charge in [-0.05, 0) is 55.4 Å². The Bertz CT molecular complexity index is 579. The van der Waals surface area contributed by atoms with E-state index in [-0.39, 0.29) is 5.91 Å². The van der Waals surface area contributed by atoms with Crippen molar-refractivity contribution in [3.8, 4) is 0 Å². The molecule has 2 N–H and O–H groups in total. The summed E-state index contributed by atoms with van der Waals surface area (Å²) in [5.41, 5.74) is 7.81. The van der Waals surface area contributed by atoms with Crippen LogP contribution in [0.5, 0.6) is 0 Å². The third kappa shape index (κ3) is 3.14. The van der Waals surface area contributed by atoms with Crippen LogP contribution in [-0.2, 0) is 16.0 Å². The summed E-state index contributed by atoms with van der Waals surface area (Å²) >= 11 is 0. The third-order valence-corrected chi connectivity index (χ3v) is 4.57. The molecule has 1 aromatic carbocycles. The van der Waals surface area contributed by atoms with Gasteiger partial charge < -0.3 is 15.4 Å². The minimum atomic E-state index is -0.424. The van der Waals surface area contributed by atoms with Gasteiger partial charge in [-0.2, -0.15) is 0 Å². The Balaban J connectivity index is 1.70. The number of hydrogen-bond donors (Lipinski definition) is 1. The Morgan fingerprint density at radius 2 is 2.23 bits per heavy atom. The lowest BCUT2D eigenvalue weighted by atomic mass is 9.97. The average Bonchev–Trinajstić information content (AvgIpc) is 3.04. The molecule has 0 aromatic heterocycles. The SMILES string of the molecule is NC(=O)c1ccc2c(c1)CCCN2C(=O)CC[C@@H]1CCOC1. The van der Waals surface area contributed by atoms with E-state index in [9.17, 15) is 9.59 Å². The first-order valence-electron chi connectivity index (χ1n) is 7.96. The van der Waals surface area contributed by atoms with Gasteiger partial charge in [-0.1, -0.05) is 0 Å². The number of carbonyl (C=O) groups is 2. The third-order valence-electron chi connectivity index (χ3n) is 4.57. The van der Waals surface area contributed by atoms with Crippen LogP contribution in [0, 0.1) is 5.92 Å². The van der Waals surface area contributed by atoms with Gasteiger partial charge in [0.25, 0.3) is 0 Å². The van der Waals surface area contributed by atoms with Crippen molar-refractivity contribution in [2.75, 3.05) is 24.7 Å². The second-order valence-electron chi connectivity index (χ2n) is 6.12. The Hall–Kier alpha value is -1.88. The molecule has 2 amide bonds. The highest BCUT2D eigenvalue weighted by atomic mass is 16.5. The maximum absolute atomic E-state index is 12.5. The number of nitrogens with two attached hydrogens (primary N) is 1. The zero-order valence-corrected chi connectivity index (χ0v) is 12.7. The fourth-order valence-electron chi connectivity index (χ4n) is 3.28. The van der Waals surface area contributed by atoms with Crippen LogP contribution in [-0.4, -0.2) is 31.6 Å². The summed E-state index contributed by atoms with van der Waals surface area (Å²) in [6, 6.07) is 5.38. The summed E-state index contributed by atoms with van der Waals surface area (Å²) in [6.45, 7) is 2.36. The van der Waals surface area contributed by atoms with Crippen LogP contribution in [0.2, 0.25) is 0 Å². The van der Waals surface area contributed by atoms with E-state index >= 15 is 0 Å². The van der Waals surface area contributed by atoms with Crippen LogP contribution in [0.4, 0.5) is 5.69 Å². The van der Waals surface area contributed by atoms with Crippen molar-refractivity contribution in [3.05, 3.63) is 29.3 Å². The van der Waals surface area contributed by atoms with E-state index in [4.69, 9.17) is 10.5 Å². The van der Waals surface area contributed by atoms with Gasteiger partial charge in [0, 0.05) is 37.4 Å². The molecule has 2 aliphatic heterocycles. The Morgan fingerprint density at radius 1 is 1.36 bits per heavy atom. The molecular weight excluding hydrogens is 280 g/mol. The number of aryl methyl sites for hydroxylation is 1. The van der Waals surface area contributed by atoms with Crippen molar-refractivity contribution in [1.82, 2.24) is 0 Å². The molecule has 0 saturated carbocycles. The van der Waals surface area contributed by atoms with Crippen LogP contribution >= 0.6 is 0 Å². The number of amides is 2. The Kier molecular flexibility index (Phi) is 4.43. The van der Waals surface area contributed by atoms with E-state index in [2.05, 4.69) is 0 Å². The number of benzene rings is 1. The van der Waals surface area contributed by atoms with Crippen LogP contribution in [0.25, 0.3) is 0 Å². The minimum Gasteiger partial charge on any atom is -0.381 e. The zero-order valence-electron chi connectivity index (χ0n) is 12.7. The zero-order chi connectivity index (χ0) is 15.5. The summed E-state index contributed by atoms with van der Waals surface area (Å²) in [5.74, 6) is 0.262. The van der Waals surface area contributed by atoms with Crippen LogP contribution in [0.3, 0.4) is 0 Å². The molecule has 118 valence electrons. The molecule has 0 radical (unpaired) electrons. The average molecular weight is 302 g/mol. The maximum atomic E-state index is 12.5. The fourth-order valence-corrected chi connectivity index (χ4v) is 3.28. The fraction of sp³-hybridized carbons (Fsp3) is 0.529. The number of anilines is 1. The second kappa shape index (κ2) is 6.48. The van der Waals surface area contributed by atoms with Crippen molar-refractivity contribution in [3.63, 3.8) is 0 Å². The normalized spacial score (nSPS) is 20.7. The predicted molar refractivity (Wildman–Crippen MR) is 83.8 cm³/mol. The van der Waals surface area contributed by atoms with E-state index in [1.807, 2.05) is 17.0 Å². The first-order chi connectivity index (χ1) is 10.6. The number of rotatable bonds is 4. The van der Waals surface area contributed by atoms with Crippen molar-refractivity contribution in [2.45, 2.75) is 32.1 Å². The molecular formula is C17H22N2O3. The number of ether oxygens (including phenoxy) is 1. The molecule has 0 aliphatic carbocycles. The molecule has 22 heavy (non-hydrogen) atoms. The first-order valence-corrected chi connectivity index (χ1v) is 7.96. The van der Waals surface area contributed by atoms with Crippen molar-refractivity contribution in [1.29, 1.82) is 0 Å². The maximum Gasteiger partial charge on any atom is 0.248 e. The summed E-state index contributed by atoms with van der Waals surface area (Å²) in [4.78, 5) is 25.7. The molecule has 0 unspecified atom stereocenters. The van der Waals surface area contributed by atoms with Gasteiger partial charge in [-0.25, -0.2) is 0 Å². The first kappa shape index (κ1) is 15.0. The lowest BCUT2D eigenvalue weighted by molar-refractivity contribution is -0.119. The number of hydrogen-bond acceptors (Lipinski definition) is 3. The summed E-state index contributed by atoms with van der Waals surface area (Å²) in [6.07, 6.45) is 4.32. The Labute approximate surface area is 130 Å². The van der Waals surface area contributed by atoms with Gasteiger partial charge in [-0.15, -0.1) is 0 Å². The standard InChI is InChI=1S/C17H22N2O3/c18-17(21)14-4-5-15-13(10-14)2-1-8-19(15)16(20)6-3-12-7-9-22-11-12/h4-5,10,12H,1-3,6-9,11H2,(H2,18,21)/t12-/m1/s1. The van der Waals surface area contributed by atoms with E-state index in [1.165, 1.54) is 0 Å². The Morgan fingerprint density at radius 3 is 2.95 bits per heavy atom. The smallest absolute Gasteiger partial charge is 0.248 e. The predicted octanol–water partition coefficient (Wildman–Crippen LogP) is 1.88. The van der Waals surface area contributed by atoms with E-state index < -0.39 is 5.91 Å². The van der Waals surface area contributed by atoms with Gasteiger partial charge in [-0.3, -0.25) is 9.59 Å². The molecule has 1 aromatic rings. The quantitative estimate of drug-likeness (QED) is 0.923. The molecule has 5 nitrogen and oxygen atoms in total. The van der Waals surface area contributed by atoms with Crippen molar-refractivity contribution in [2.24, 2.45) is 11.7 Å². The van der Waals surface area contributed by atoms with E-state index in [1.54, 1.807) is 6.07 Å². The highest BCUT2D eigenvalue weighted by Crippen LogP contribution is 2.29. The second-order valence-corrected chi connectivity index (χ2v) is 6.12. The highest BCUT2D eigenvalue weighted by molar-refractivity contribution is 5.97. The number of carbonyl (C=O) groups excluding carboxylic acids is 2. The highest BCUT2D eigenvalue weighted by Gasteiger charge is 2.24. The van der Waals surface area contributed by atoms with Crippen LogP contribution in [0.15, 0.2) is 18.2 Å². The lowest BCUT2D eigenvalue weighted by Crippen LogP contribution is -2.35. The molecule has 1 fully saturated rings. The van der Waals surface area contributed by atoms with Gasteiger partial charge in [0.2, 0.25) is 11.8 Å². The number of fused-ring (bicyclic) bond motifs is 1. The van der Waals surface area contributed by atoms with Gasteiger partial charge in [0.05, 0.1) is 0 Å². The van der Waals surface area contributed by atoms with Crippen molar-refractivity contribution < 1.29 is 14.3 Å². The molecule has 2 heterocycles. The monoisotopic (exact) mass is 302 g/mol.